The molecule has 0 aliphatic carbocycles. The second kappa shape index (κ2) is 4.10. The van der Waals surface area contributed by atoms with Crippen molar-refractivity contribution in [3.05, 3.63) is 23.7 Å². The fourth-order valence-electron chi connectivity index (χ4n) is 1.32. The predicted octanol–water partition coefficient (Wildman–Crippen LogP) is 1.53. The Kier molecular flexibility index (Phi) is 2.99. The molecule has 0 bridgehead atoms. The molecule has 0 aliphatic heterocycles. The first kappa shape index (κ1) is 13.1. The summed E-state index contributed by atoms with van der Waals surface area (Å²) in [5, 5.41) is 0. The first-order chi connectivity index (χ1) is 8.19. The molecule has 98 valence electrons. The van der Waals surface area contributed by atoms with Gasteiger partial charge in [-0.3, -0.25) is 0 Å². The van der Waals surface area contributed by atoms with Crippen molar-refractivity contribution in [2.45, 2.75) is 0 Å². The van der Waals surface area contributed by atoms with Crippen molar-refractivity contribution in [3.8, 4) is 0 Å². The Balaban J connectivity index is 2.69. The lowest BCUT2D eigenvalue weighted by Crippen LogP contribution is -2.31. The Morgan fingerprint density at radius 3 is 2.28 bits per heavy atom. The van der Waals surface area contributed by atoms with E-state index in [9.17, 15) is 24.6 Å². The van der Waals surface area contributed by atoms with Crippen molar-refractivity contribution in [2.75, 3.05) is 3.71 Å². The summed E-state index contributed by atoms with van der Waals surface area (Å²) >= 11 is 1.07. The zero-order valence-electron chi connectivity index (χ0n) is 8.32. The molecule has 0 unspecified atom stereocenters. The van der Waals surface area contributed by atoms with Gasteiger partial charge in [0.1, 0.15) is 0 Å². The minimum Gasteiger partial charge on any atom is -0.245 e. The van der Waals surface area contributed by atoms with Gasteiger partial charge in [0.15, 0.2) is 0 Å². The quantitative estimate of drug-likeness (QED) is 0.802. The zero-order valence-corrected chi connectivity index (χ0v) is 10.8. The van der Waals surface area contributed by atoms with E-state index in [-0.39, 0.29) is 0 Å². The Morgan fingerprint density at radius 2 is 1.72 bits per heavy atom. The van der Waals surface area contributed by atoms with E-state index >= 15 is 0 Å². The third-order valence-corrected chi connectivity index (χ3v) is 5.00. The molecular formula is C7H4F2N2O4S3. The van der Waals surface area contributed by atoms with Crippen molar-refractivity contribution in [1.29, 1.82) is 0 Å². The lowest BCUT2D eigenvalue weighted by atomic mass is 10.3. The summed E-state index contributed by atoms with van der Waals surface area (Å²) in [6, 6.07) is 3.21. The highest BCUT2D eigenvalue weighted by atomic mass is 32.3. The molecule has 2 aromatic rings. The second-order valence-corrected chi connectivity index (χ2v) is 6.58. The van der Waals surface area contributed by atoms with Gasteiger partial charge in [-0.15, -0.1) is 15.0 Å². The van der Waals surface area contributed by atoms with Crippen LogP contribution in [0.15, 0.2) is 23.7 Å². The number of benzene rings is 1. The van der Waals surface area contributed by atoms with Gasteiger partial charge in [-0.2, -0.15) is 16.8 Å². The average molecular weight is 314 g/mol. The van der Waals surface area contributed by atoms with E-state index in [0.29, 0.717) is 10.2 Å². The molecule has 0 atom stereocenters. The third kappa shape index (κ3) is 2.42. The van der Waals surface area contributed by atoms with Gasteiger partial charge in [-0.25, -0.2) is 4.98 Å². The Labute approximate surface area is 105 Å². The zero-order chi connectivity index (χ0) is 13.6. The summed E-state index contributed by atoms with van der Waals surface area (Å²) in [4.78, 5) is 3.86. The number of thiazole rings is 1. The maximum Gasteiger partial charge on any atom is 0.414 e. The summed E-state index contributed by atoms with van der Waals surface area (Å²) in [6.07, 6.45) is 0. The molecule has 1 aromatic carbocycles. The summed E-state index contributed by atoms with van der Waals surface area (Å²) in [5.41, 5.74) is 1.22. The molecule has 0 spiro atoms. The molecule has 0 saturated heterocycles. The third-order valence-electron chi connectivity index (χ3n) is 1.92. The monoisotopic (exact) mass is 314 g/mol. The molecule has 0 fully saturated rings. The van der Waals surface area contributed by atoms with Gasteiger partial charge >= 0.3 is 20.8 Å². The van der Waals surface area contributed by atoms with E-state index in [0.717, 1.165) is 23.5 Å². The van der Waals surface area contributed by atoms with Crippen LogP contribution in [-0.4, -0.2) is 21.8 Å². The maximum absolute atomic E-state index is 12.8. The van der Waals surface area contributed by atoms with E-state index < -0.39 is 30.2 Å². The SMILES string of the molecule is O=S(=O)(F)N(c1ccc2ncsc2c1)S(=O)(=O)F. The number of fused-ring (bicyclic) bond motifs is 1. The summed E-state index contributed by atoms with van der Waals surface area (Å²) in [7, 11) is -11.5. The largest absolute Gasteiger partial charge is 0.414 e. The average Bonchev–Trinajstić information content (AvgIpc) is 2.59. The van der Waals surface area contributed by atoms with Gasteiger partial charge in [0.25, 0.3) is 0 Å². The van der Waals surface area contributed by atoms with Gasteiger partial charge < -0.3 is 0 Å². The molecule has 0 N–H and O–H groups in total. The van der Waals surface area contributed by atoms with Gasteiger partial charge in [0.05, 0.1) is 21.4 Å². The van der Waals surface area contributed by atoms with Crippen molar-refractivity contribution >= 4 is 48.1 Å². The number of halogens is 2. The fraction of sp³-hybridized carbons (Fsp3) is 0. The molecule has 6 nitrogen and oxygen atoms in total. The Morgan fingerprint density at radius 1 is 1.11 bits per heavy atom. The summed E-state index contributed by atoms with van der Waals surface area (Å²) in [5.74, 6) is 0. The number of anilines is 1. The molecule has 0 aliphatic rings. The number of nitrogens with zero attached hydrogens (tertiary/aromatic N) is 2. The van der Waals surface area contributed by atoms with Crippen LogP contribution in [-0.2, 0) is 20.8 Å². The van der Waals surface area contributed by atoms with Gasteiger partial charge in [-0.1, -0.05) is 7.77 Å². The molecule has 0 radical (unpaired) electrons. The van der Waals surface area contributed by atoms with E-state index in [1.165, 1.54) is 11.6 Å². The smallest absolute Gasteiger partial charge is 0.245 e. The van der Waals surface area contributed by atoms with Crippen LogP contribution in [0.5, 0.6) is 0 Å². The number of aromatic nitrogens is 1. The van der Waals surface area contributed by atoms with E-state index in [1.807, 2.05) is 0 Å². The predicted molar refractivity (Wildman–Crippen MR) is 62.2 cm³/mol. The first-order valence-electron chi connectivity index (χ1n) is 4.22. The molecule has 1 heterocycles. The molecule has 0 amide bonds. The van der Waals surface area contributed by atoms with Gasteiger partial charge in [-0.05, 0) is 18.2 Å². The lowest BCUT2D eigenvalue weighted by Gasteiger charge is -2.13. The van der Waals surface area contributed by atoms with Crippen molar-refractivity contribution < 1.29 is 24.6 Å². The lowest BCUT2D eigenvalue weighted by molar-refractivity contribution is 0.536. The van der Waals surface area contributed by atoms with E-state index in [2.05, 4.69) is 4.98 Å². The molecule has 1 aromatic heterocycles. The highest BCUT2D eigenvalue weighted by Crippen LogP contribution is 2.29. The van der Waals surface area contributed by atoms with Crippen LogP contribution in [0.1, 0.15) is 0 Å². The van der Waals surface area contributed by atoms with Crippen LogP contribution in [0.3, 0.4) is 0 Å². The standard InChI is InChI=1S/C7H4F2N2O4S3/c8-17(12,13)11(18(9,14)15)5-1-2-6-7(3-5)16-4-10-6/h1-4H. The number of hydrogen-bond donors (Lipinski definition) is 0. The fourth-order valence-corrected chi connectivity index (χ4v) is 3.61. The topological polar surface area (TPSA) is 84.4 Å². The minimum atomic E-state index is -5.77. The van der Waals surface area contributed by atoms with Crippen LogP contribution in [0.2, 0.25) is 0 Å². The maximum atomic E-state index is 12.8. The van der Waals surface area contributed by atoms with E-state index in [1.54, 1.807) is 0 Å². The molecule has 0 saturated carbocycles. The Hall–Kier alpha value is -1.33. The highest BCUT2D eigenvalue weighted by molar-refractivity contribution is 8.05. The molecule has 11 heteroatoms. The molecular weight excluding hydrogens is 310 g/mol. The van der Waals surface area contributed by atoms with Crippen LogP contribution in [0.4, 0.5) is 13.5 Å². The number of rotatable bonds is 3. The first-order valence-corrected chi connectivity index (χ1v) is 7.78. The van der Waals surface area contributed by atoms with Gasteiger partial charge in [0.2, 0.25) is 0 Å². The molecule has 2 rings (SSSR count). The number of hydrogen-bond acceptors (Lipinski definition) is 6. The van der Waals surface area contributed by atoms with Gasteiger partial charge in [0, 0.05) is 0 Å². The van der Waals surface area contributed by atoms with E-state index in [4.69, 9.17) is 0 Å². The normalized spacial score (nSPS) is 12.8. The van der Waals surface area contributed by atoms with Crippen molar-refractivity contribution in [2.24, 2.45) is 0 Å². The van der Waals surface area contributed by atoms with Crippen LogP contribution < -0.4 is 3.71 Å². The summed E-state index contributed by atoms with van der Waals surface area (Å²) in [6.45, 7) is 0. The van der Waals surface area contributed by atoms with Crippen molar-refractivity contribution in [1.82, 2.24) is 4.98 Å². The Bertz CT molecular complexity index is 767. The highest BCUT2D eigenvalue weighted by Gasteiger charge is 2.34. The second-order valence-electron chi connectivity index (χ2n) is 3.09. The van der Waals surface area contributed by atoms with Crippen LogP contribution in [0.25, 0.3) is 10.2 Å². The van der Waals surface area contributed by atoms with Crippen LogP contribution >= 0.6 is 11.3 Å². The van der Waals surface area contributed by atoms with Crippen LogP contribution in [0, 0.1) is 0 Å². The summed E-state index contributed by atoms with van der Waals surface area (Å²) < 4.78 is 67.9. The van der Waals surface area contributed by atoms with Crippen molar-refractivity contribution in [3.63, 3.8) is 0 Å². The minimum absolute atomic E-state index is 0.393. The molecule has 18 heavy (non-hydrogen) atoms.